The standard InChI is InChI=1S/C23H29NO3/c1-17(2)27-21-10-8-20(9-11-21)22(19-6-4-18(3)5-7-19)16-23(25)24-12-14-26-15-13-24/h4-11,17,22H,12-16H2,1-3H3/t22-/m0/s1. The highest BCUT2D eigenvalue weighted by Crippen LogP contribution is 2.30. The van der Waals surface area contributed by atoms with E-state index < -0.39 is 0 Å². The molecule has 27 heavy (non-hydrogen) atoms. The van der Waals surface area contributed by atoms with Gasteiger partial charge in [0.2, 0.25) is 5.91 Å². The Labute approximate surface area is 162 Å². The van der Waals surface area contributed by atoms with Crippen molar-refractivity contribution in [3.05, 3.63) is 65.2 Å². The largest absolute Gasteiger partial charge is 0.491 e. The second-order valence-corrected chi connectivity index (χ2v) is 7.40. The molecule has 1 heterocycles. The van der Waals surface area contributed by atoms with Crippen LogP contribution in [0.5, 0.6) is 5.75 Å². The van der Waals surface area contributed by atoms with E-state index in [1.165, 1.54) is 11.1 Å². The van der Waals surface area contributed by atoms with E-state index in [0.717, 1.165) is 11.3 Å². The van der Waals surface area contributed by atoms with Crippen LogP contribution in [0.2, 0.25) is 0 Å². The Bertz CT molecular complexity index is 731. The zero-order chi connectivity index (χ0) is 19.2. The van der Waals surface area contributed by atoms with Gasteiger partial charge < -0.3 is 14.4 Å². The lowest BCUT2D eigenvalue weighted by Crippen LogP contribution is -2.41. The predicted molar refractivity (Wildman–Crippen MR) is 107 cm³/mol. The quantitative estimate of drug-likeness (QED) is 0.769. The Hall–Kier alpha value is -2.33. The molecule has 1 aliphatic heterocycles. The van der Waals surface area contributed by atoms with Crippen LogP contribution in [0.25, 0.3) is 0 Å². The number of amides is 1. The van der Waals surface area contributed by atoms with Gasteiger partial charge in [-0.15, -0.1) is 0 Å². The third-order valence-corrected chi connectivity index (χ3v) is 4.88. The number of benzene rings is 2. The van der Waals surface area contributed by atoms with Crippen LogP contribution in [0.1, 0.15) is 42.9 Å². The van der Waals surface area contributed by atoms with Crippen molar-refractivity contribution >= 4 is 5.91 Å². The van der Waals surface area contributed by atoms with Gasteiger partial charge in [0.25, 0.3) is 0 Å². The SMILES string of the molecule is Cc1ccc([C@H](CC(=O)N2CCOCC2)c2ccc(OC(C)C)cc2)cc1. The number of aryl methyl sites for hydroxylation is 1. The summed E-state index contributed by atoms with van der Waals surface area (Å²) in [6.45, 7) is 8.73. The maximum Gasteiger partial charge on any atom is 0.223 e. The van der Waals surface area contributed by atoms with Crippen LogP contribution < -0.4 is 4.74 Å². The second kappa shape index (κ2) is 9.05. The van der Waals surface area contributed by atoms with Gasteiger partial charge in [0.05, 0.1) is 19.3 Å². The summed E-state index contributed by atoms with van der Waals surface area (Å²) in [6.07, 6.45) is 0.611. The fraction of sp³-hybridized carbons (Fsp3) is 0.435. The lowest BCUT2D eigenvalue weighted by Gasteiger charge is -2.29. The van der Waals surface area contributed by atoms with E-state index in [1.54, 1.807) is 0 Å². The number of ether oxygens (including phenoxy) is 2. The number of carbonyl (C=O) groups is 1. The number of hydrogen-bond donors (Lipinski definition) is 0. The van der Waals surface area contributed by atoms with E-state index in [1.807, 2.05) is 30.9 Å². The molecule has 0 spiro atoms. The van der Waals surface area contributed by atoms with Crippen molar-refractivity contribution in [1.82, 2.24) is 4.90 Å². The van der Waals surface area contributed by atoms with Crippen molar-refractivity contribution in [3.8, 4) is 5.75 Å². The summed E-state index contributed by atoms with van der Waals surface area (Å²) >= 11 is 0. The van der Waals surface area contributed by atoms with Crippen LogP contribution in [-0.2, 0) is 9.53 Å². The third kappa shape index (κ3) is 5.33. The zero-order valence-corrected chi connectivity index (χ0v) is 16.5. The minimum Gasteiger partial charge on any atom is -0.491 e. The highest BCUT2D eigenvalue weighted by Gasteiger charge is 2.23. The average Bonchev–Trinajstić information content (AvgIpc) is 2.68. The van der Waals surface area contributed by atoms with Gasteiger partial charge in [-0.1, -0.05) is 42.0 Å². The van der Waals surface area contributed by atoms with Crippen molar-refractivity contribution in [3.63, 3.8) is 0 Å². The fourth-order valence-electron chi connectivity index (χ4n) is 3.39. The van der Waals surface area contributed by atoms with Crippen molar-refractivity contribution < 1.29 is 14.3 Å². The van der Waals surface area contributed by atoms with Crippen LogP contribution in [-0.4, -0.2) is 43.2 Å². The first-order chi connectivity index (χ1) is 13.0. The summed E-state index contributed by atoms with van der Waals surface area (Å²) in [7, 11) is 0. The molecule has 1 saturated heterocycles. The smallest absolute Gasteiger partial charge is 0.223 e. The topological polar surface area (TPSA) is 38.8 Å². The van der Waals surface area contributed by atoms with Crippen molar-refractivity contribution in [2.75, 3.05) is 26.3 Å². The number of carbonyl (C=O) groups excluding carboxylic acids is 1. The molecule has 2 aromatic carbocycles. The van der Waals surface area contributed by atoms with E-state index >= 15 is 0 Å². The molecule has 1 amide bonds. The Kier molecular flexibility index (Phi) is 6.51. The van der Waals surface area contributed by atoms with Crippen molar-refractivity contribution in [2.45, 2.75) is 39.2 Å². The predicted octanol–water partition coefficient (Wildman–Crippen LogP) is 4.16. The zero-order valence-electron chi connectivity index (χ0n) is 16.5. The Morgan fingerprint density at radius 3 is 2.11 bits per heavy atom. The molecule has 0 radical (unpaired) electrons. The minimum absolute atomic E-state index is 0.0362. The van der Waals surface area contributed by atoms with Crippen LogP contribution in [0.15, 0.2) is 48.5 Å². The normalized spacial score (nSPS) is 15.6. The molecule has 1 aliphatic rings. The molecule has 0 aromatic heterocycles. The molecular weight excluding hydrogens is 338 g/mol. The first-order valence-electron chi connectivity index (χ1n) is 9.71. The maximum absolute atomic E-state index is 12.9. The Balaban J connectivity index is 1.83. The summed E-state index contributed by atoms with van der Waals surface area (Å²) in [5.74, 6) is 1.08. The van der Waals surface area contributed by atoms with Gasteiger partial charge in [0.1, 0.15) is 5.75 Å². The molecule has 3 rings (SSSR count). The van der Waals surface area contributed by atoms with E-state index in [4.69, 9.17) is 9.47 Å². The molecule has 0 saturated carbocycles. The number of nitrogens with zero attached hydrogens (tertiary/aromatic N) is 1. The van der Waals surface area contributed by atoms with E-state index in [9.17, 15) is 4.79 Å². The summed E-state index contributed by atoms with van der Waals surface area (Å²) in [5, 5.41) is 0. The van der Waals surface area contributed by atoms with Gasteiger partial charge in [-0.3, -0.25) is 4.79 Å². The minimum atomic E-state index is 0.0362. The number of hydrogen-bond acceptors (Lipinski definition) is 3. The van der Waals surface area contributed by atoms with E-state index in [-0.39, 0.29) is 17.9 Å². The molecule has 1 fully saturated rings. The van der Waals surface area contributed by atoms with E-state index in [0.29, 0.717) is 32.7 Å². The molecule has 0 aliphatic carbocycles. The Morgan fingerprint density at radius 1 is 1.00 bits per heavy atom. The lowest BCUT2D eigenvalue weighted by atomic mass is 9.87. The molecule has 2 aromatic rings. The highest BCUT2D eigenvalue weighted by atomic mass is 16.5. The van der Waals surface area contributed by atoms with Crippen LogP contribution in [0, 0.1) is 6.92 Å². The second-order valence-electron chi connectivity index (χ2n) is 7.40. The van der Waals surface area contributed by atoms with Crippen molar-refractivity contribution in [2.24, 2.45) is 0 Å². The molecule has 1 atom stereocenters. The monoisotopic (exact) mass is 367 g/mol. The van der Waals surface area contributed by atoms with Gasteiger partial charge in [-0.25, -0.2) is 0 Å². The summed E-state index contributed by atoms with van der Waals surface area (Å²) in [6, 6.07) is 16.6. The molecule has 4 nitrogen and oxygen atoms in total. The number of rotatable bonds is 6. The highest BCUT2D eigenvalue weighted by molar-refractivity contribution is 5.78. The summed E-state index contributed by atoms with van der Waals surface area (Å²) < 4.78 is 11.1. The first kappa shape index (κ1) is 19.4. The van der Waals surface area contributed by atoms with Crippen molar-refractivity contribution in [1.29, 1.82) is 0 Å². The van der Waals surface area contributed by atoms with Gasteiger partial charge in [0.15, 0.2) is 0 Å². The molecular formula is C23H29NO3. The molecule has 4 heteroatoms. The lowest BCUT2D eigenvalue weighted by molar-refractivity contribution is -0.135. The third-order valence-electron chi connectivity index (χ3n) is 4.88. The van der Waals surface area contributed by atoms with Crippen LogP contribution >= 0.6 is 0 Å². The van der Waals surface area contributed by atoms with Crippen LogP contribution in [0.3, 0.4) is 0 Å². The molecule has 144 valence electrons. The fourth-order valence-corrected chi connectivity index (χ4v) is 3.39. The van der Waals surface area contributed by atoms with E-state index in [2.05, 4.69) is 43.3 Å². The molecule has 0 unspecified atom stereocenters. The molecule has 0 N–H and O–H groups in total. The first-order valence-corrected chi connectivity index (χ1v) is 9.71. The molecule has 0 bridgehead atoms. The summed E-state index contributed by atoms with van der Waals surface area (Å²) in [5.41, 5.74) is 3.52. The number of morpholine rings is 1. The van der Waals surface area contributed by atoms with Gasteiger partial charge in [-0.05, 0) is 44.0 Å². The average molecular weight is 367 g/mol. The van der Waals surface area contributed by atoms with Gasteiger partial charge in [-0.2, -0.15) is 0 Å². The summed E-state index contributed by atoms with van der Waals surface area (Å²) in [4.78, 5) is 14.8. The Morgan fingerprint density at radius 2 is 1.56 bits per heavy atom. The maximum atomic E-state index is 12.9. The van der Waals surface area contributed by atoms with Crippen LogP contribution in [0.4, 0.5) is 0 Å². The van der Waals surface area contributed by atoms with Gasteiger partial charge in [0, 0.05) is 25.4 Å². The van der Waals surface area contributed by atoms with Gasteiger partial charge >= 0.3 is 0 Å².